The largest absolute Gasteiger partial charge is 0.493 e. The molecular formula is C11H17NO2. The third kappa shape index (κ3) is 3.01. The van der Waals surface area contributed by atoms with E-state index < -0.39 is 0 Å². The predicted molar refractivity (Wildman–Crippen MR) is 55.8 cm³/mol. The lowest BCUT2D eigenvalue weighted by atomic mass is 10.1. The molecule has 0 aliphatic heterocycles. The van der Waals surface area contributed by atoms with Crippen molar-refractivity contribution in [1.29, 1.82) is 0 Å². The van der Waals surface area contributed by atoms with Gasteiger partial charge in [0.2, 0.25) is 0 Å². The molecule has 0 amide bonds. The van der Waals surface area contributed by atoms with Gasteiger partial charge in [0.15, 0.2) is 0 Å². The lowest BCUT2D eigenvalue weighted by molar-refractivity contribution is 0.157. The molecule has 3 nitrogen and oxygen atoms in total. The predicted octanol–water partition coefficient (Wildman–Crippen LogP) is 2.05. The maximum atomic E-state index is 8.37. The smallest absolute Gasteiger partial charge is 0.125 e. The fraction of sp³-hybridized carbons (Fsp3) is 0.455. The van der Waals surface area contributed by atoms with Crippen LogP contribution in [0.25, 0.3) is 0 Å². The van der Waals surface area contributed by atoms with Crippen LogP contribution >= 0.6 is 0 Å². The Labute approximate surface area is 84.7 Å². The lowest BCUT2D eigenvalue weighted by Gasteiger charge is -2.11. The summed E-state index contributed by atoms with van der Waals surface area (Å²) in [6, 6.07) is 6.09. The zero-order valence-electron chi connectivity index (χ0n) is 8.71. The molecule has 14 heavy (non-hydrogen) atoms. The summed E-state index contributed by atoms with van der Waals surface area (Å²) in [5.41, 5.74) is 4.41. The molecule has 0 spiro atoms. The van der Waals surface area contributed by atoms with Gasteiger partial charge in [0, 0.05) is 6.54 Å². The maximum absolute atomic E-state index is 8.37. The first kappa shape index (κ1) is 11.0. The van der Waals surface area contributed by atoms with Crippen LogP contribution in [-0.2, 0) is 0 Å². The van der Waals surface area contributed by atoms with Gasteiger partial charge in [0.1, 0.15) is 5.75 Å². The van der Waals surface area contributed by atoms with Crippen LogP contribution in [0.5, 0.6) is 5.75 Å². The first-order valence-corrected chi connectivity index (χ1v) is 4.81. The van der Waals surface area contributed by atoms with E-state index in [1.165, 1.54) is 0 Å². The highest BCUT2D eigenvalue weighted by atomic mass is 16.5. The first-order chi connectivity index (χ1) is 6.75. The maximum Gasteiger partial charge on any atom is 0.125 e. The Kier molecular flexibility index (Phi) is 4.43. The van der Waals surface area contributed by atoms with Crippen molar-refractivity contribution < 1.29 is 9.94 Å². The molecule has 3 heteroatoms. The number of hydrogen-bond donors (Lipinski definition) is 2. The van der Waals surface area contributed by atoms with Crippen molar-refractivity contribution in [1.82, 2.24) is 5.48 Å². The Hall–Kier alpha value is -1.06. The van der Waals surface area contributed by atoms with E-state index in [2.05, 4.69) is 5.48 Å². The monoisotopic (exact) mass is 195 g/mol. The van der Waals surface area contributed by atoms with Gasteiger partial charge in [-0.15, -0.1) is 0 Å². The second-order valence-electron chi connectivity index (χ2n) is 3.33. The molecule has 1 aromatic carbocycles. The summed E-state index contributed by atoms with van der Waals surface area (Å²) < 4.78 is 5.62. The van der Waals surface area contributed by atoms with E-state index in [1.807, 2.05) is 32.0 Å². The van der Waals surface area contributed by atoms with Crippen LogP contribution in [0.15, 0.2) is 18.2 Å². The minimum absolute atomic E-state index is 0.560. The molecule has 2 N–H and O–H groups in total. The summed E-state index contributed by atoms with van der Waals surface area (Å²) in [5.74, 6) is 0.963. The van der Waals surface area contributed by atoms with E-state index in [0.29, 0.717) is 13.2 Å². The lowest BCUT2D eigenvalue weighted by Crippen LogP contribution is -2.12. The molecule has 0 atom stereocenters. The zero-order valence-corrected chi connectivity index (χ0v) is 8.71. The van der Waals surface area contributed by atoms with Crippen LogP contribution in [-0.4, -0.2) is 18.4 Å². The molecule has 0 saturated carbocycles. The number of benzene rings is 1. The van der Waals surface area contributed by atoms with Crippen molar-refractivity contribution in [2.45, 2.75) is 20.3 Å². The molecule has 0 aliphatic rings. The van der Waals surface area contributed by atoms with Crippen LogP contribution in [0.3, 0.4) is 0 Å². The number of para-hydroxylation sites is 1. The summed E-state index contributed by atoms with van der Waals surface area (Å²) in [7, 11) is 0. The summed E-state index contributed by atoms with van der Waals surface area (Å²) >= 11 is 0. The molecule has 0 bridgehead atoms. The van der Waals surface area contributed by atoms with Crippen molar-refractivity contribution >= 4 is 0 Å². The second kappa shape index (κ2) is 5.62. The minimum atomic E-state index is 0.560. The van der Waals surface area contributed by atoms with E-state index in [4.69, 9.17) is 9.94 Å². The number of nitrogens with one attached hydrogen (secondary N) is 1. The third-order valence-corrected chi connectivity index (χ3v) is 2.09. The molecule has 0 aromatic heterocycles. The molecule has 0 aliphatic carbocycles. The number of hydroxylamine groups is 1. The molecule has 0 saturated heterocycles. The molecule has 0 unspecified atom stereocenters. The van der Waals surface area contributed by atoms with Crippen molar-refractivity contribution in [2.24, 2.45) is 0 Å². The third-order valence-electron chi connectivity index (χ3n) is 2.09. The van der Waals surface area contributed by atoms with E-state index in [0.717, 1.165) is 23.3 Å². The minimum Gasteiger partial charge on any atom is -0.493 e. The Balaban J connectivity index is 2.49. The van der Waals surface area contributed by atoms with Crippen LogP contribution in [0.1, 0.15) is 17.5 Å². The SMILES string of the molecule is Cc1cccc(C)c1OCCCNO. The van der Waals surface area contributed by atoms with Crippen LogP contribution in [0.2, 0.25) is 0 Å². The molecular weight excluding hydrogens is 178 g/mol. The highest BCUT2D eigenvalue weighted by Crippen LogP contribution is 2.22. The number of hydrogen-bond acceptors (Lipinski definition) is 3. The number of ether oxygens (including phenoxy) is 1. The highest BCUT2D eigenvalue weighted by Gasteiger charge is 2.01. The molecule has 1 rings (SSSR count). The highest BCUT2D eigenvalue weighted by molar-refractivity contribution is 5.39. The number of rotatable bonds is 5. The van der Waals surface area contributed by atoms with Gasteiger partial charge in [-0.25, -0.2) is 5.48 Å². The molecule has 0 heterocycles. The summed E-state index contributed by atoms with van der Waals surface area (Å²) in [6.45, 7) is 5.25. The fourth-order valence-electron chi connectivity index (χ4n) is 1.35. The van der Waals surface area contributed by atoms with Crippen molar-refractivity contribution in [3.05, 3.63) is 29.3 Å². The van der Waals surface area contributed by atoms with Gasteiger partial charge in [-0.1, -0.05) is 18.2 Å². The Morgan fingerprint density at radius 1 is 1.29 bits per heavy atom. The van der Waals surface area contributed by atoms with Crippen molar-refractivity contribution in [2.75, 3.05) is 13.2 Å². The van der Waals surface area contributed by atoms with Crippen LogP contribution < -0.4 is 10.2 Å². The average Bonchev–Trinajstić information content (AvgIpc) is 2.16. The molecule has 0 radical (unpaired) electrons. The van der Waals surface area contributed by atoms with Gasteiger partial charge in [-0.05, 0) is 31.4 Å². The van der Waals surface area contributed by atoms with Gasteiger partial charge in [0.05, 0.1) is 6.61 Å². The van der Waals surface area contributed by atoms with Crippen molar-refractivity contribution in [3.63, 3.8) is 0 Å². The normalized spacial score (nSPS) is 10.2. The van der Waals surface area contributed by atoms with Crippen molar-refractivity contribution in [3.8, 4) is 5.75 Å². The van der Waals surface area contributed by atoms with Crippen LogP contribution in [0.4, 0.5) is 0 Å². The fourth-order valence-corrected chi connectivity index (χ4v) is 1.35. The van der Waals surface area contributed by atoms with E-state index >= 15 is 0 Å². The number of aryl methyl sites for hydroxylation is 2. The Morgan fingerprint density at radius 2 is 1.93 bits per heavy atom. The Morgan fingerprint density at radius 3 is 2.50 bits per heavy atom. The zero-order chi connectivity index (χ0) is 10.4. The van der Waals surface area contributed by atoms with E-state index in [-0.39, 0.29) is 0 Å². The second-order valence-corrected chi connectivity index (χ2v) is 3.33. The van der Waals surface area contributed by atoms with Crippen LogP contribution in [0, 0.1) is 13.8 Å². The molecule has 1 aromatic rings. The molecule has 0 fully saturated rings. The van der Waals surface area contributed by atoms with Gasteiger partial charge in [0.25, 0.3) is 0 Å². The summed E-state index contributed by atoms with van der Waals surface area (Å²) in [4.78, 5) is 0. The van der Waals surface area contributed by atoms with Gasteiger partial charge in [-0.3, -0.25) is 0 Å². The quantitative estimate of drug-likeness (QED) is 0.558. The summed E-state index contributed by atoms with van der Waals surface area (Å²) in [6.07, 6.45) is 0.796. The molecule has 78 valence electrons. The van der Waals surface area contributed by atoms with Gasteiger partial charge < -0.3 is 9.94 Å². The Bertz CT molecular complexity index is 266. The van der Waals surface area contributed by atoms with E-state index in [9.17, 15) is 0 Å². The van der Waals surface area contributed by atoms with E-state index in [1.54, 1.807) is 0 Å². The first-order valence-electron chi connectivity index (χ1n) is 4.81. The summed E-state index contributed by atoms with van der Waals surface area (Å²) in [5, 5.41) is 8.37. The van der Waals surface area contributed by atoms with Gasteiger partial charge in [-0.2, -0.15) is 0 Å². The van der Waals surface area contributed by atoms with Gasteiger partial charge >= 0.3 is 0 Å². The standard InChI is InChI=1S/C11H17NO2/c1-9-5-3-6-10(2)11(9)14-8-4-7-12-13/h3,5-6,12-13H,4,7-8H2,1-2H3. The average molecular weight is 195 g/mol. The topological polar surface area (TPSA) is 41.5 Å².